The van der Waals surface area contributed by atoms with Crippen LogP contribution in [0.4, 0.5) is 11.4 Å². The van der Waals surface area contributed by atoms with E-state index >= 15 is 0 Å². The van der Waals surface area contributed by atoms with Crippen LogP contribution in [0, 0.1) is 0 Å². The third kappa shape index (κ3) is 5.14. The molecule has 7 nitrogen and oxygen atoms in total. The van der Waals surface area contributed by atoms with Crippen molar-refractivity contribution in [2.24, 2.45) is 0 Å². The van der Waals surface area contributed by atoms with Gasteiger partial charge in [0.25, 0.3) is 0 Å². The van der Waals surface area contributed by atoms with Crippen molar-refractivity contribution in [1.82, 2.24) is 4.72 Å². The Morgan fingerprint density at radius 1 is 1.14 bits per heavy atom. The van der Waals surface area contributed by atoms with Gasteiger partial charge < -0.3 is 10.2 Å². The zero-order chi connectivity index (χ0) is 21.0. The summed E-state index contributed by atoms with van der Waals surface area (Å²) in [6.07, 6.45) is 1.01. The Morgan fingerprint density at radius 2 is 1.86 bits per heavy atom. The van der Waals surface area contributed by atoms with Crippen molar-refractivity contribution >= 4 is 44.8 Å². The number of rotatable bonds is 7. The summed E-state index contributed by atoms with van der Waals surface area (Å²) in [4.78, 5) is 25.8. The number of hydrogen-bond donors (Lipinski definition) is 2. The Balaban J connectivity index is 1.58. The van der Waals surface area contributed by atoms with Gasteiger partial charge in [-0.05, 0) is 54.4 Å². The first-order valence-electron chi connectivity index (χ1n) is 9.28. The molecule has 0 radical (unpaired) electrons. The number of nitrogens with one attached hydrogen (secondary N) is 2. The van der Waals surface area contributed by atoms with Crippen LogP contribution < -0.4 is 14.9 Å². The van der Waals surface area contributed by atoms with Crippen LogP contribution in [0.15, 0.2) is 47.4 Å². The predicted molar refractivity (Wildman–Crippen MR) is 113 cm³/mol. The second-order valence-electron chi connectivity index (χ2n) is 6.64. The largest absolute Gasteiger partial charge is 0.326 e. The lowest BCUT2D eigenvalue weighted by Gasteiger charge is -2.16. The van der Waals surface area contributed by atoms with E-state index in [1.807, 2.05) is 0 Å². The summed E-state index contributed by atoms with van der Waals surface area (Å²) in [5.41, 5.74) is 2.18. The maximum absolute atomic E-state index is 12.5. The Labute approximate surface area is 175 Å². The number of amides is 2. The highest BCUT2D eigenvalue weighted by atomic mass is 35.5. The third-order valence-corrected chi connectivity index (χ3v) is 6.34. The zero-order valence-electron chi connectivity index (χ0n) is 15.9. The first-order chi connectivity index (χ1) is 13.8. The van der Waals surface area contributed by atoms with Crippen LogP contribution in [0.2, 0.25) is 5.02 Å². The zero-order valence-corrected chi connectivity index (χ0v) is 17.5. The van der Waals surface area contributed by atoms with Gasteiger partial charge >= 0.3 is 0 Å². The molecule has 9 heteroatoms. The minimum absolute atomic E-state index is 0.00836. The van der Waals surface area contributed by atoms with Crippen LogP contribution in [-0.2, 0) is 26.0 Å². The highest BCUT2D eigenvalue weighted by Crippen LogP contribution is 2.30. The fourth-order valence-corrected chi connectivity index (χ4v) is 4.34. The number of halogens is 1. The van der Waals surface area contributed by atoms with E-state index in [-0.39, 0.29) is 29.7 Å². The number of fused-ring (bicyclic) bond motifs is 1. The molecule has 29 heavy (non-hydrogen) atoms. The maximum atomic E-state index is 12.5. The van der Waals surface area contributed by atoms with E-state index in [1.165, 1.54) is 6.07 Å². The van der Waals surface area contributed by atoms with Crippen LogP contribution in [0.3, 0.4) is 0 Å². The number of nitrogens with zero attached hydrogens (tertiary/aromatic N) is 1. The minimum atomic E-state index is -3.75. The van der Waals surface area contributed by atoms with Gasteiger partial charge in [-0.1, -0.05) is 18.5 Å². The number of hydrogen-bond acceptors (Lipinski definition) is 4. The van der Waals surface area contributed by atoms with Gasteiger partial charge in [0.15, 0.2) is 0 Å². The molecule has 0 atom stereocenters. The summed E-state index contributed by atoms with van der Waals surface area (Å²) >= 11 is 5.80. The lowest BCUT2D eigenvalue weighted by atomic mass is 10.2. The van der Waals surface area contributed by atoms with E-state index in [2.05, 4.69) is 10.0 Å². The van der Waals surface area contributed by atoms with E-state index in [9.17, 15) is 18.0 Å². The summed E-state index contributed by atoms with van der Waals surface area (Å²) in [6, 6.07) is 11.4. The van der Waals surface area contributed by atoms with Crippen molar-refractivity contribution in [3.63, 3.8) is 0 Å². The SMILES string of the molecule is CCC(=O)N1CCc2cc(S(=O)(=O)NCCC(=O)Nc3ccc(Cl)cc3)ccc21. The molecule has 1 heterocycles. The topological polar surface area (TPSA) is 95.6 Å². The summed E-state index contributed by atoms with van der Waals surface area (Å²) < 4.78 is 27.5. The second kappa shape index (κ2) is 8.94. The van der Waals surface area contributed by atoms with Gasteiger partial charge in [0.1, 0.15) is 0 Å². The van der Waals surface area contributed by atoms with E-state index in [0.717, 1.165) is 11.3 Å². The van der Waals surface area contributed by atoms with Crippen molar-refractivity contribution < 1.29 is 18.0 Å². The second-order valence-corrected chi connectivity index (χ2v) is 8.85. The van der Waals surface area contributed by atoms with Crippen molar-refractivity contribution in [2.45, 2.75) is 31.1 Å². The number of carbonyl (C=O) groups is 2. The van der Waals surface area contributed by atoms with Crippen LogP contribution in [-0.4, -0.2) is 33.3 Å². The molecule has 0 fully saturated rings. The maximum Gasteiger partial charge on any atom is 0.240 e. The van der Waals surface area contributed by atoms with Crippen molar-refractivity contribution in [3.05, 3.63) is 53.1 Å². The van der Waals surface area contributed by atoms with Crippen LogP contribution in [0.1, 0.15) is 25.3 Å². The van der Waals surface area contributed by atoms with Gasteiger partial charge in [0.2, 0.25) is 21.8 Å². The highest BCUT2D eigenvalue weighted by molar-refractivity contribution is 7.89. The predicted octanol–water partition coefficient (Wildman–Crippen LogP) is 2.95. The van der Waals surface area contributed by atoms with Crippen molar-refractivity contribution in [2.75, 3.05) is 23.3 Å². The Hall–Kier alpha value is -2.42. The molecule has 2 N–H and O–H groups in total. The van der Waals surface area contributed by atoms with E-state index in [1.54, 1.807) is 48.2 Å². The first kappa shape index (κ1) is 21.3. The van der Waals surface area contributed by atoms with E-state index < -0.39 is 10.0 Å². The molecule has 2 aromatic rings. The molecule has 2 amide bonds. The molecule has 3 rings (SSSR count). The fourth-order valence-electron chi connectivity index (χ4n) is 3.13. The number of anilines is 2. The molecule has 0 unspecified atom stereocenters. The summed E-state index contributed by atoms with van der Waals surface area (Å²) in [7, 11) is -3.75. The molecule has 1 aliphatic heterocycles. The summed E-state index contributed by atoms with van der Waals surface area (Å²) in [6.45, 7) is 2.33. The summed E-state index contributed by atoms with van der Waals surface area (Å²) in [5, 5.41) is 3.24. The van der Waals surface area contributed by atoms with Gasteiger partial charge in [0.05, 0.1) is 4.90 Å². The van der Waals surface area contributed by atoms with Gasteiger partial charge in [-0.15, -0.1) is 0 Å². The van der Waals surface area contributed by atoms with Gasteiger partial charge in [0, 0.05) is 42.3 Å². The molecular formula is C20H22ClN3O4S. The molecule has 0 aliphatic carbocycles. The lowest BCUT2D eigenvalue weighted by Crippen LogP contribution is -2.28. The monoisotopic (exact) mass is 435 g/mol. The van der Waals surface area contributed by atoms with Crippen LogP contribution >= 0.6 is 11.6 Å². The lowest BCUT2D eigenvalue weighted by molar-refractivity contribution is -0.118. The Morgan fingerprint density at radius 3 is 2.55 bits per heavy atom. The molecule has 0 saturated heterocycles. The normalized spacial score (nSPS) is 13.2. The Bertz CT molecular complexity index is 1020. The van der Waals surface area contributed by atoms with E-state index in [0.29, 0.717) is 30.1 Å². The van der Waals surface area contributed by atoms with Crippen molar-refractivity contribution in [1.29, 1.82) is 0 Å². The quantitative estimate of drug-likeness (QED) is 0.698. The van der Waals surface area contributed by atoms with Gasteiger partial charge in [-0.3, -0.25) is 9.59 Å². The molecule has 0 bridgehead atoms. The van der Waals surface area contributed by atoms with Gasteiger partial charge in [-0.25, -0.2) is 13.1 Å². The third-order valence-electron chi connectivity index (χ3n) is 4.63. The van der Waals surface area contributed by atoms with Crippen molar-refractivity contribution in [3.8, 4) is 0 Å². The molecule has 2 aromatic carbocycles. The van der Waals surface area contributed by atoms with Gasteiger partial charge in [-0.2, -0.15) is 0 Å². The number of benzene rings is 2. The molecule has 0 spiro atoms. The molecule has 0 aromatic heterocycles. The average molecular weight is 436 g/mol. The number of sulfonamides is 1. The smallest absolute Gasteiger partial charge is 0.240 e. The van der Waals surface area contributed by atoms with Crippen LogP contribution in [0.5, 0.6) is 0 Å². The molecule has 154 valence electrons. The standard InChI is InChI=1S/C20H22ClN3O4S/c1-2-20(26)24-12-10-14-13-17(7-8-18(14)24)29(27,28)22-11-9-19(25)23-16-5-3-15(21)4-6-16/h3-8,13,22H,2,9-12H2,1H3,(H,23,25). The van der Waals surface area contributed by atoms with Crippen LogP contribution in [0.25, 0.3) is 0 Å². The summed E-state index contributed by atoms with van der Waals surface area (Å²) in [5.74, 6) is -0.290. The first-order valence-corrected chi connectivity index (χ1v) is 11.1. The highest BCUT2D eigenvalue weighted by Gasteiger charge is 2.25. The number of carbonyl (C=O) groups excluding carboxylic acids is 2. The molecule has 0 saturated carbocycles. The minimum Gasteiger partial charge on any atom is -0.326 e. The molecular weight excluding hydrogens is 414 g/mol. The average Bonchev–Trinajstić information content (AvgIpc) is 3.12. The Kier molecular flexibility index (Phi) is 6.56. The fraction of sp³-hybridized carbons (Fsp3) is 0.300. The molecule has 1 aliphatic rings. The van der Waals surface area contributed by atoms with E-state index in [4.69, 9.17) is 11.6 Å².